The van der Waals surface area contributed by atoms with Gasteiger partial charge in [0, 0.05) is 12.7 Å². The minimum atomic E-state index is 0.693. The van der Waals surface area contributed by atoms with Gasteiger partial charge in [0.1, 0.15) is 0 Å². The topological polar surface area (TPSA) is 41.3 Å². The van der Waals surface area contributed by atoms with Gasteiger partial charge in [-0.05, 0) is 50.7 Å². The van der Waals surface area contributed by atoms with E-state index in [0.29, 0.717) is 5.41 Å². The van der Waals surface area contributed by atoms with Crippen LogP contribution in [0.5, 0.6) is 0 Å². The molecule has 0 bridgehead atoms. The monoisotopic (exact) mass is 227 g/mol. The van der Waals surface area contributed by atoms with Crippen molar-refractivity contribution in [2.45, 2.75) is 52.5 Å². The molecule has 2 fully saturated rings. The molecule has 1 aliphatic heterocycles. The zero-order valence-electron chi connectivity index (χ0n) is 11.3. The first-order valence-electron chi connectivity index (χ1n) is 6.94. The lowest BCUT2D eigenvalue weighted by molar-refractivity contribution is 0.00754. The van der Waals surface area contributed by atoms with Crippen LogP contribution >= 0.6 is 0 Å². The molecule has 0 amide bonds. The van der Waals surface area contributed by atoms with Gasteiger partial charge in [0.2, 0.25) is 0 Å². The van der Waals surface area contributed by atoms with Gasteiger partial charge in [-0.2, -0.15) is 0 Å². The number of hydrogen-bond donors (Lipinski definition) is 2. The van der Waals surface area contributed by atoms with Crippen LogP contribution in [0.3, 0.4) is 0 Å². The van der Waals surface area contributed by atoms with Crippen molar-refractivity contribution in [3.63, 3.8) is 0 Å². The van der Waals surface area contributed by atoms with Gasteiger partial charge in [0.15, 0.2) is 0 Å². The third kappa shape index (κ3) is 3.19. The molecule has 3 nitrogen and oxygen atoms in total. The van der Waals surface area contributed by atoms with E-state index in [4.69, 9.17) is 5.73 Å². The Bertz CT molecular complexity index is 170. The lowest BCUT2D eigenvalue weighted by Gasteiger charge is -2.52. The van der Waals surface area contributed by atoms with Crippen molar-refractivity contribution in [3.8, 4) is 0 Å². The highest BCUT2D eigenvalue weighted by molar-refractivity contribution is 4.99. The maximum atomic E-state index is 5.64. The second-order valence-corrected chi connectivity index (χ2v) is 4.96. The number of nitrogens with two attached hydrogens (primary N) is 1. The van der Waals surface area contributed by atoms with E-state index in [-0.39, 0.29) is 0 Å². The number of likely N-dealkylation sites (tertiary alicyclic amines) is 1. The number of rotatable bonds is 3. The molecule has 1 saturated heterocycles. The average Bonchev–Trinajstić information content (AvgIpc) is 2.31. The average molecular weight is 227 g/mol. The maximum Gasteiger partial charge on any atom is 0.0455 e. The van der Waals surface area contributed by atoms with Gasteiger partial charge >= 0.3 is 0 Å². The Labute approximate surface area is 101 Å². The summed E-state index contributed by atoms with van der Waals surface area (Å²) >= 11 is 0. The zero-order valence-corrected chi connectivity index (χ0v) is 11.3. The van der Waals surface area contributed by atoms with Gasteiger partial charge in [-0.25, -0.2) is 0 Å². The Balaban J connectivity index is 0.000000606. The molecule has 0 atom stereocenters. The zero-order chi connectivity index (χ0) is 12.0. The summed E-state index contributed by atoms with van der Waals surface area (Å²) in [7, 11) is 0. The van der Waals surface area contributed by atoms with Gasteiger partial charge in [-0.15, -0.1) is 0 Å². The van der Waals surface area contributed by atoms with Crippen LogP contribution in [0.2, 0.25) is 0 Å². The molecule has 1 spiro atoms. The number of hydrogen-bond acceptors (Lipinski definition) is 3. The second-order valence-electron chi connectivity index (χ2n) is 4.96. The lowest BCUT2D eigenvalue weighted by atomic mass is 9.60. The van der Waals surface area contributed by atoms with Crippen molar-refractivity contribution in [2.75, 3.05) is 26.3 Å². The maximum absolute atomic E-state index is 5.64. The summed E-state index contributed by atoms with van der Waals surface area (Å²) in [6.45, 7) is 10.5. The lowest BCUT2D eigenvalue weighted by Crippen LogP contribution is -2.54. The molecule has 2 aliphatic rings. The van der Waals surface area contributed by atoms with E-state index < -0.39 is 0 Å². The van der Waals surface area contributed by atoms with Crippen LogP contribution in [-0.2, 0) is 0 Å². The van der Waals surface area contributed by atoms with Gasteiger partial charge in [-0.3, -0.25) is 4.90 Å². The second kappa shape index (κ2) is 6.58. The highest BCUT2D eigenvalue weighted by Crippen LogP contribution is 2.48. The van der Waals surface area contributed by atoms with E-state index in [1.807, 2.05) is 13.8 Å². The summed E-state index contributed by atoms with van der Waals surface area (Å²) in [5, 5.41) is 3.54. The minimum absolute atomic E-state index is 0.693. The van der Waals surface area contributed by atoms with Crippen LogP contribution in [0.15, 0.2) is 0 Å². The molecule has 16 heavy (non-hydrogen) atoms. The fourth-order valence-corrected chi connectivity index (χ4v) is 3.04. The van der Waals surface area contributed by atoms with Crippen molar-refractivity contribution in [3.05, 3.63) is 0 Å². The predicted octanol–water partition coefficient (Wildman–Crippen LogP) is 1.78. The Morgan fingerprint density at radius 1 is 1.25 bits per heavy atom. The quantitative estimate of drug-likeness (QED) is 0.772. The van der Waals surface area contributed by atoms with E-state index in [9.17, 15) is 0 Å². The summed E-state index contributed by atoms with van der Waals surface area (Å²) in [5.74, 6) is 0. The van der Waals surface area contributed by atoms with Crippen molar-refractivity contribution in [2.24, 2.45) is 11.1 Å². The van der Waals surface area contributed by atoms with Crippen LogP contribution < -0.4 is 11.1 Å². The standard InChI is InChI=1S/C11H23N3.C2H6/c1-2-13-10-7-11(8-10)3-5-14(9-12)6-4-11;1-2/h10,13H,2-9,12H2,1H3;1-2H3. The Kier molecular flexibility index (Phi) is 5.73. The molecule has 1 heterocycles. The first kappa shape index (κ1) is 13.9. The fourth-order valence-electron chi connectivity index (χ4n) is 3.04. The third-order valence-electron chi connectivity index (χ3n) is 4.03. The van der Waals surface area contributed by atoms with Crippen LogP contribution in [0.4, 0.5) is 0 Å². The molecule has 0 aromatic rings. The molecule has 3 heteroatoms. The minimum Gasteiger partial charge on any atom is -0.318 e. The molecule has 1 saturated carbocycles. The molecule has 0 radical (unpaired) electrons. The molecular weight excluding hydrogens is 198 g/mol. The highest BCUT2D eigenvalue weighted by atomic mass is 15.2. The molecule has 0 aromatic heterocycles. The van der Waals surface area contributed by atoms with Gasteiger partial charge in [-0.1, -0.05) is 20.8 Å². The largest absolute Gasteiger partial charge is 0.318 e. The molecular formula is C13H29N3. The number of nitrogens with one attached hydrogen (secondary N) is 1. The molecule has 2 rings (SSSR count). The molecule has 0 aromatic carbocycles. The summed E-state index contributed by atoms with van der Waals surface area (Å²) in [6.07, 6.45) is 5.54. The molecule has 3 N–H and O–H groups in total. The molecule has 1 aliphatic carbocycles. The van der Waals surface area contributed by atoms with Crippen LogP contribution in [0.1, 0.15) is 46.5 Å². The molecule has 96 valence electrons. The van der Waals surface area contributed by atoms with Crippen molar-refractivity contribution in [1.82, 2.24) is 10.2 Å². The normalized spacial score (nSPS) is 24.8. The summed E-state index contributed by atoms with van der Waals surface area (Å²) in [5.41, 5.74) is 6.33. The van der Waals surface area contributed by atoms with Crippen molar-refractivity contribution in [1.29, 1.82) is 0 Å². The van der Waals surface area contributed by atoms with E-state index in [0.717, 1.165) is 19.3 Å². The van der Waals surface area contributed by atoms with Crippen LogP contribution in [0.25, 0.3) is 0 Å². The van der Waals surface area contributed by atoms with Crippen LogP contribution in [0, 0.1) is 5.41 Å². The number of nitrogens with zero attached hydrogens (tertiary/aromatic N) is 1. The Morgan fingerprint density at radius 2 is 1.81 bits per heavy atom. The Morgan fingerprint density at radius 3 is 2.25 bits per heavy atom. The fraction of sp³-hybridized carbons (Fsp3) is 1.00. The summed E-state index contributed by atoms with van der Waals surface area (Å²) in [6, 6.07) is 0.810. The van der Waals surface area contributed by atoms with Crippen molar-refractivity contribution >= 4 is 0 Å². The van der Waals surface area contributed by atoms with Gasteiger partial charge in [0.05, 0.1) is 0 Å². The van der Waals surface area contributed by atoms with E-state index in [1.165, 1.54) is 38.8 Å². The van der Waals surface area contributed by atoms with Gasteiger partial charge in [0.25, 0.3) is 0 Å². The number of piperidine rings is 1. The third-order valence-corrected chi connectivity index (χ3v) is 4.03. The summed E-state index contributed by atoms with van der Waals surface area (Å²) in [4.78, 5) is 2.37. The highest BCUT2D eigenvalue weighted by Gasteiger charge is 2.44. The predicted molar refractivity (Wildman–Crippen MR) is 70.3 cm³/mol. The summed E-state index contributed by atoms with van der Waals surface area (Å²) < 4.78 is 0. The molecule has 0 unspecified atom stereocenters. The van der Waals surface area contributed by atoms with Crippen LogP contribution in [-0.4, -0.2) is 37.2 Å². The van der Waals surface area contributed by atoms with E-state index in [1.54, 1.807) is 0 Å². The Hall–Kier alpha value is -0.120. The van der Waals surface area contributed by atoms with E-state index >= 15 is 0 Å². The van der Waals surface area contributed by atoms with Gasteiger partial charge < -0.3 is 11.1 Å². The smallest absolute Gasteiger partial charge is 0.0455 e. The van der Waals surface area contributed by atoms with E-state index in [2.05, 4.69) is 17.1 Å². The van der Waals surface area contributed by atoms with Crippen molar-refractivity contribution < 1.29 is 0 Å². The first-order valence-corrected chi connectivity index (χ1v) is 6.94. The SMILES string of the molecule is CC.CCNC1CC2(CCN(CN)CC2)C1. The first-order chi connectivity index (χ1) is 7.78.